The molecule has 0 aliphatic heterocycles. The first-order valence-electron chi connectivity index (χ1n) is 14.2. The van der Waals surface area contributed by atoms with Gasteiger partial charge in [-0.25, -0.2) is 0 Å². The molecule has 0 spiro atoms. The average molecular weight is 740 g/mol. The van der Waals surface area contributed by atoms with Crippen LogP contribution in [0.3, 0.4) is 0 Å². The van der Waals surface area contributed by atoms with Gasteiger partial charge in [0, 0.05) is 49.5 Å². The fourth-order valence-electron chi connectivity index (χ4n) is 5.17. The third-order valence-corrected chi connectivity index (χ3v) is 7.26. The second-order valence-electron chi connectivity index (χ2n) is 11.9. The van der Waals surface area contributed by atoms with Gasteiger partial charge in [0.2, 0.25) is 0 Å². The molecule has 0 N–H and O–H groups in total. The quantitative estimate of drug-likeness (QED) is 0.170. The number of aryl methyl sites for hydroxylation is 2. The molecule has 0 amide bonds. The number of furan rings is 1. The van der Waals surface area contributed by atoms with E-state index in [4.69, 9.17) is 9.40 Å². The Labute approximate surface area is 266 Å². The van der Waals surface area contributed by atoms with Crippen molar-refractivity contribution < 1.29 is 24.5 Å². The molecular formula is C38H33IrN3O-2. The number of nitrogens with zero attached hydrogens (tertiary/aromatic N) is 3. The van der Waals surface area contributed by atoms with Crippen LogP contribution in [0.2, 0.25) is 0 Å². The molecule has 0 fully saturated rings. The fourth-order valence-corrected chi connectivity index (χ4v) is 5.17. The minimum absolute atomic E-state index is 0. The minimum atomic E-state index is 0. The van der Waals surface area contributed by atoms with Crippen LogP contribution in [-0.4, -0.2) is 15.0 Å². The van der Waals surface area contributed by atoms with Gasteiger partial charge >= 0.3 is 0 Å². The van der Waals surface area contributed by atoms with E-state index in [2.05, 4.69) is 86.2 Å². The average Bonchev–Trinajstić information content (AvgIpc) is 3.38. The maximum Gasteiger partial charge on any atom is 0.147 e. The predicted molar refractivity (Wildman–Crippen MR) is 172 cm³/mol. The van der Waals surface area contributed by atoms with Crippen LogP contribution in [0.1, 0.15) is 37.5 Å². The van der Waals surface area contributed by atoms with E-state index in [0.717, 1.165) is 61.8 Å². The van der Waals surface area contributed by atoms with Crippen molar-refractivity contribution in [3.8, 4) is 22.5 Å². The molecule has 3 aromatic carbocycles. The summed E-state index contributed by atoms with van der Waals surface area (Å²) in [6, 6.07) is 32.9. The van der Waals surface area contributed by atoms with Crippen molar-refractivity contribution in [3.05, 3.63) is 126 Å². The van der Waals surface area contributed by atoms with Crippen molar-refractivity contribution in [3.63, 3.8) is 0 Å². The summed E-state index contributed by atoms with van der Waals surface area (Å²) in [5.74, 6) is 0. The van der Waals surface area contributed by atoms with Crippen molar-refractivity contribution in [1.29, 1.82) is 0 Å². The summed E-state index contributed by atoms with van der Waals surface area (Å²) in [6.07, 6.45) is 6.64. The smallest absolute Gasteiger partial charge is 0.147 e. The molecule has 0 aliphatic carbocycles. The van der Waals surface area contributed by atoms with Gasteiger partial charge in [0.25, 0.3) is 0 Å². The molecule has 0 aliphatic rings. The van der Waals surface area contributed by atoms with E-state index in [1.54, 1.807) is 0 Å². The van der Waals surface area contributed by atoms with Gasteiger partial charge in [0.1, 0.15) is 11.1 Å². The molecule has 4 nitrogen and oxygen atoms in total. The van der Waals surface area contributed by atoms with Crippen molar-refractivity contribution >= 4 is 32.8 Å². The maximum atomic E-state index is 6.39. The Morgan fingerprint density at radius 3 is 2.30 bits per heavy atom. The molecule has 0 saturated heterocycles. The van der Waals surface area contributed by atoms with Crippen molar-refractivity contribution in [2.24, 2.45) is 5.41 Å². The third kappa shape index (κ3) is 6.59. The molecule has 0 saturated carbocycles. The molecule has 217 valence electrons. The number of rotatable bonds is 3. The summed E-state index contributed by atoms with van der Waals surface area (Å²) in [7, 11) is 0. The number of hydrogen-bond donors (Lipinski definition) is 0. The molecule has 1 radical (unpaired) electrons. The SMILES string of the molecule is Cc1ccc(-c2[c-]cccc2)nc1.Cc1cnc(-c2[c-]ccc3c2oc2c3ccc3cccnc32)cc1CC(C)(C)C.[Ir]. The molecule has 43 heavy (non-hydrogen) atoms. The maximum absolute atomic E-state index is 6.39. The van der Waals surface area contributed by atoms with Gasteiger partial charge in [-0.2, -0.15) is 0 Å². The summed E-state index contributed by atoms with van der Waals surface area (Å²) in [4.78, 5) is 13.6. The first-order valence-corrected chi connectivity index (χ1v) is 14.2. The second kappa shape index (κ2) is 12.6. The summed E-state index contributed by atoms with van der Waals surface area (Å²) in [6.45, 7) is 10.9. The molecule has 4 aromatic heterocycles. The zero-order valence-electron chi connectivity index (χ0n) is 25.0. The minimum Gasteiger partial charge on any atom is -0.498 e. The van der Waals surface area contributed by atoms with Crippen LogP contribution >= 0.6 is 0 Å². The van der Waals surface area contributed by atoms with Crippen molar-refractivity contribution in [1.82, 2.24) is 15.0 Å². The van der Waals surface area contributed by atoms with Crippen LogP contribution < -0.4 is 0 Å². The van der Waals surface area contributed by atoms with Gasteiger partial charge in [0.05, 0.1) is 5.58 Å². The van der Waals surface area contributed by atoms with E-state index in [1.165, 1.54) is 16.7 Å². The van der Waals surface area contributed by atoms with Gasteiger partial charge in [-0.3, -0.25) is 4.98 Å². The van der Waals surface area contributed by atoms with E-state index in [9.17, 15) is 0 Å². The van der Waals surface area contributed by atoms with E-state index < -0.39 is 0 Å². The van der Waals surface area contributed by atoms with Gasteiger partial charge in [0.15, 0.2) is 0 Å². The van der Waals surface area contributed by atoms with Gasteiger partial charge in [-0.05, 0) is 54.3 Å². The molecule has 0 bridgehead atoms. The van der Waals surface area contributed by atoms with E-state index in [0.29, 0.717) is 0 Å². The Hall–Kier alpha value is -4.18. The van der Waals surface area contributed by atoms with Crippen LogP contribution in [0.5, 0.6) is 0 Å². The number of hydrogen-bond acceptors (Lipinski definition) is 4. The third-order valence-electron chi connectivity index (χ3n) is 7.26. The Balaban J connectivity index is 0.000000221. The zero-order chi connectivity index (χ0) is 29.3. The van der Waals surface area contributed by atoms with Crippen molar-refractivity contribution in [2.45, 2.75) is 41.0 Å². The summed E-state index contributed by atoms with van der Waals surface area (Å²) >= 11 is 0. The standard InChI is InChI=1S/C26H23N2O.C12H10N.Ir/c1-16-15-28-22(13-18(16)14-26(2,3)4)21-9-5-8-19-20-11-10-17-7-6-12-27-23(17)25(20)29-24(19)21;1-10-7-8-12(13-9-10)11-5-3-2-4-6-11;/h5-8,10-13,15H,14H2,1-4H3;2-5,7-9H,1H3;/q2*-1;. The van der Waals surface area contributed by atoms with Crippen molar-refractivity contribution in [2.75, 3.05) is 0 Å². The number of pyridine rings is 3. The van der Waals surface area contributed by atoms with Gasteiger partial charge in [-0.1, -0.05) is 73.7 Å². The summed E-state index contributed by atoms with van der Waals surface area (Å²) < 4.78 is 6.39. The van der Waals surface area contributed by atoms with E-state index in [1.807, 2.05) is 68.0 Å². The van der Waals surface area contributed by atoms with Crippen LogP contribution in [0, 0.1) is 31.4 Å². The van der Waals surface area contributed by atoms with Crippen LogP contribution in [-0.2, 0) is 26.5 Å². The zero-order valence-corrected chi connectivity index (χ0v) is 27.4. The Morgan fingerprint density at radius 1 is 0.744 bits per heavy atom. The Bertz CT molecular complexity index is 2010. The number of fused-ring (bicyclic) bond motifs is 5. The van der Waals surface area contributed by atoms with Gasteiger partial charge in [-0.15, -0.1) is 54.1 Å². The van der Waals surface area contributed by atoms with Crippen LogP contribution in [0.4, 0.5) is 0 Å². The van der Waals surface area contributed by atoms with E-state index in [-0.39, 0.29) is 25.5 Å². The largest absolute Gasteiger partial charge is 0.498 e. The normalized spacial score (nSPS) is 11.3. The summed E-state index contributed by atoms with van der Waals surface area (Å²) in [5.41, 5.74) is 10.3. The second-order valence-corrected chi connectivity index (χ2v) is 11.9. The van der Waals surface area contributed by atoms with E-state index >= 15 is 0 Å². The fraction of sp³-hybridized carbons (Fsp3) is 0.184. The monoisotopic (exact) mass is 740 g/mol. The van der Waals surface area contributed by atoms with Gasteiger partial charge < -0.3 is 14.4 Å². The Morgan fingerprint density at radius 2 is 1.56 bits per heavy atom. The molecule has 5 heteroatoms. The molecule has 7 rings (SSSR count). The first-order chi connectivity index (χ1) is 20.3. The predicted octanol–water partition coefficient (Wildman–Crippen LogP) is 9.75. The molecular weight excluding hydrogens is 707 g/mol. The molecule has 0 atom stereocenters. The number of benzene rings is 3. The van der Waals surface area contributed by atoms with Crippen LogP contribution in [0.25, 0.3) is 55.4 Å². The topological polar surface area (TPSA) is 51.8 Å². The molecule has 4 heterocycles. The number of aromatic nitrogens is 3. The Kier molecular flexibility index (Phi) is 8.87. The molecule has 0 unspecified atom stereocenters. The first kappa shape index (κ1) is 30.3. The van der Waals surface area contributed by atoms with Crippen LogP contribution in [0.15, 0.2) is 102 Å². The summed E-state index contributed by atoms with van der Waals surface area (Å²) in [5, 5.41) is 3.22. The molecule has 7 aromatic rings.